The van der Waals surface area contributed by atoms with E-state index in [4.69, 9.17) is 5.11 Å². The summed E-state index contributed by atoms with van der Waals surface area (Å²) in [5, 5.41) is 40.3. The van der Waals surface area contributed by atoms with E-state index in [9.17, 15) is 15.3 Å². The molecule has 9 nitrogen and oxygen atoms in total. The zero-order valence-electron chi connectivity index (χ0n) is 18.7. The van der Waals surface area contributed by atoms with Gasteiger partial charge in [0.05, 0.1) is 27.6 Å². The number of aliphatic hydroxyl groups is 4. The lowest BCUT2D eigenvalue weighted by Crippen LogP contribution is -2.50. The van der Waals surface area contributed by atoms with E-state index >= 15 is 0 Å². The second kappa shape index (κ2) is 14.1. The maximum atomic E-state index is 10.4. The van der Waals surface area contributed by atoms with Gasteiger partial charge in [0.2, 0.25) is 0 Å². The third-order valence-electron chi connectivity index (χ3n) is 4.67. The monoisotopic (exact) mass is 559 g/mol. The second-order valence-corrected chi connectivity index (χ2v) is 9.95. The van der Waals surface area contributed by atoms with Crippen molar-refractivity contribution in [3.8, 4) is 0 Å². The average molecular weight is 561 g/mol. The Kier molecular flexibility index (Phi) is 11.9. The first-order valence-corrected chi connectivity index (χ1v) is 13.3. The standard InChI is InChI=1S/C19H24BrN5O4S2.C2H6/c1-11-18(25(9-23-11)19(29)16(28)15(27)4-5-26)22-8-21-10-30-7-12-2-3-14-13(6-12)17(20)31-24-14;1-2/h2-3,6,8-9,11,15-16,19,26-29H,4-5,7,10H2,1H3;1-2H3/b21-8-,22-18?;. The van der Waals surface area contributed by atoms with E-state index in [0.717, 1.165) is 20.4 Å². The molecular formula is C21H30BrN5O4S2. The van der Waals surface area contributed by atoms with Gasteiger partial charge in [0.1, 0.15) is 24.3 Å². The molecule has 0 bridgehead atoms. The van der Waals surface area contributed by atoms with Gasteiger partial charge in [0.25, 0.3) is 0 Å². The Bertz CT molecular complexity index is 971. The third-order valence-corrected chi connectivity index (χ3v) is 7.06. The molecule has 3 rings (SSSR count). The molecule has 33 heavy (non-hydrogen) atoms. The van der Waals surface area contributed by atoms with Crippen molar-refractivity contribution in [3.05, 3.63) is 27.5 Å². The largest absolute Gasteiger partial charge is 0.396 e. The maximum absolute atomic E-state index is 10.4. The van der Waals surface area contributed by atoms with E-state index in [1.165, 1.54) is 34.7 Å². The molecule has 2 heterocycles. The van der Waals surface area contributed by atoms with Crippen molar-refractivity contribution >= 4 is 68.6 Å². The summed E-state index contributed by atoms with van der Waals surface area (Å²) in [4.78, 5) is 14.0. The van der Waals surface area contributed by atoms with Gasteiger partial charge in [-0.3, -0.25) is 14.9 Å². The van der Waals surface area contributed by atoms with Crippen molar-refractivity contribution in [1.29, 1.82) is 0 Å². The number of hydrogen-bond acceptors (Lipinski definition) is 9. The Morgan fingerprint density at radius 1 is 1.30 bits per heavy atom. The third kappa shape index (κ3) is 7.54. The fraction of sp³-hybridized carbons (Fsp3) is 0.524. The minimum Gasteiger partial charge on any atom is -0.396 e. The summed E-state index contributed by atoms with van der Waals surface area (Å²) in [6.07, 6.45) is -1.43. The molecule has 1 aromatic heterocycles. The first-order valence-electron chi connectivity index (χ1n) is 10.6. The number of benzene rings is 1. The summed E-state index contributed by atoms with van der Waals surface area (Å²) in [6.45, 7) is 5.50. The van der Waals surface area contributed by atoms with Gasteiger partial charge < -0.3 is 20.4 Å². The van der Waals surface area contributed by atoms with Gasteiger partial charge in [0.15, 0.2) is 6.23 Å². The number of thioether (sulfide) groups is 1. The zero-order chi connectivity index (χ0) is 24.4. The molecule has 0 fully saturated rings. The number of hydrogen-bond donors (Lipinski definition) is 4. The van der Waals surface area contributed by atoms with Crippen LogP contribution in [-0.2, 0) is 5.75 Å². The van der Waals surface area contributed by atoms with Crippen LogP contribution in [-0.4, -0.2) is 85.2 Å². The van der Waals surface area contributed by atoms with Gasteiger partial charge in [-0.1, -0.05) is 19.9 Å². The quantitative estimate of drug-likeness (QED) is 0.200. The van der Waals surface area contributed by atoms with Crippen LogP contribution in [0.3, 0.4) is 0 Å². The van der Waals surface area contributed by atoms with Gasteiger partial charge in [-0.2, -0.15) is 4.37 Å². The lowest BCUT2D eigenvalue weighted by atomic mass is 10.1. The highest BCUT2D eigenvalue weighted by Crippen LogP contribution is 2.29. The number of fused-ring (bicyclic) bond motifs is 1. The van der Waals surface area contributed by atoms with Crippen LogP contribution in [0.25, 0.3) is 10.9 Å². The lowest BCUT2D eigenvalue weighted by molar-refractivity contribution is -0.0931. The Balaban J connectivity index is 0.00000187. The number of aliphatic hydroxyl groups excluding tert-OH is 4. The van der Waals surface area contributed by atoms with E-state index in [1.807, 2.05) is 19.9 Å². The molecule has 1 aliphatic rings. The van der Waals surface area contributed by atoms with Gasteiger partial charge in [-0.15, -0.1) is 11.8 Å². The van der Waals surface area contributed by atoms with Crippen LogP contribution in [0, 0.1) is 0 Å². The molecule has 0 amide bonds. The predicted octanol–water partition coefficient (Wildman–Crippen LogP) is 2.86. The second-order valence-electron chi connectivity index (χ2n) is 6.90. The van der Waals surface area contributed by atoms with E-state index in [0.29, 0.717) is 11.7 Å². The van der Waals surface area contributed by atoms with Crippen LogP contribution in [0.2, 0.25) is 0 Å². The molecule has 12 heteroatoms. The smallest absolute Gasteiger partial charge is 0.161 e. The van der Waals surface area contributed by atoms with Crippen molar-refractivity contribution in [1.82, 2.24) is 9.27 Å². The molecule has 0 aliphatic carbocycles. The molecule has 2 aromatic rings. The van der Waals surface area contributed by atoms with E-state index < -0.39 is 18.4 Å². The molecule has 0 saturated carbocycles. The topological polar surface area (TPSA) is 134 Å². The van der Waals surface area contributed by atoms with Crippen LogP contribution in [0.4, 0.5) is 0 Å². The summed E-state index contributed by atoms with van der Waals surface area (Å²) < 4.78 is 5.37. The summed E-state index contributed by atoms with van der Waals surface area (Å²) in [6, 6.07) is 5.86. The molecule has 4 N–H and O–H groups in total. The highest BCUT2D eigenvalue weighted by molar-refractivity contribution is 9.11. The fourth-order valence-corrected chi connectivity index (χ4v) is 4.77. The van der Waals surface area contributed by atoms with Crippen molar-refractivity contribution in [2.45, 2.75) is 57.4 Å². The van der Waals surface area contributed by atoms with Gasteiger partial charge in [-0.05, 0) is 58.5 Å². The summed E-state index contributed by atoms with van der Waals surface area (Å²) in [7, 11) is 0. The minimum atomic E-state index is -1.47. The first-order chi connectivity index (χ1) is 15.9. The zero-order valence-corrected chi connectivity index (χ0v) is 22.0. The van der Waals surface area contributed by atoms with E-state index in [1.54, 1.807) is 18.7 Å². The van der Waals surface area contributed by atoms with Gasteiger partial charge in [0, 0.05) is 17.7 Å². The van der Waals surface area contributed by atoms with E-state index in [-0.39, 0.29) is 19.1 Å². The molecule has 0 spiro atoms. The van der Waals surface area contributed by atoms with Crippen molar-refractivity contribution in [2.75, 3.05) is 12.5 Å². The van der Waals surface area contributed by atoms with Crippen LogP contribution >= 0.6 is 39.2 Å². The average Bonchev–Trinajstić information content (AvgIpc) is 3.38. The van der Waals surface area contributed by atoms with Crippen LogP contribution in [0.1, 0.15) is 32.8 Å². The maximum Gasteiger partial charge on any atom is 0.161 e. The molecule has 0 saturated heterocycles. The highest BCUT2D eigenvalue weighted by atomic mass is 79.9. The Labute approximate surface area is 210 Å². The highest BCUT2D eigenvalue weighted by Gasteiger charge is 2.34. The molecule has 1 aromatic carbocycles. The molecule has 1 aliphatic heterocycles. The Morgan fingerprint density at radius 3 is 2.79 bits per heavy atom. The molecule has 4 atom stereocenters. The van der Waals surface area contributed by atoms with Crippen molar-refractivity contribution in [2.24, 2.45) is 15.0 Å². The number of nitrogens with zero attached hydrogens (tertiary/aromatic N) is 5. The van der Waals surface area contributed by atoms with Crippen LogP contribution in [0.15, 0.2) is 37.0 Å². The fourth-order valence-electron chi connectivity index (χ4n) is 2.96. The molecule has 182 valence electrons. The van der Waals surface area contributed by atoms with Gasteiger partial charge >= 0.3 is 0 Å². The molecular weight excluding hydrogens is 530 g/mol. The number of aromatic nitrogens is 1. The summed E-state index contributed by atoms with van der Waals surface area (Å²) in [5.41, 5.74) is 2.16. The summed E-state index contributed by atoms with van der Waals surface area (Å²) in [5.74, 6) is 1.72. The lowest BCUT2D eigenvalue weighted by Gasteiger charge is -2.29. The minimum absolute atomic E-state index is 0.0449. The number of halogens is 1. The van der Waals surface area contributed by atoms with Crippen LogP contribution < -0.4 is 0 Å². The SMILES string of the molecule is CC.CC1N=CN(C(O)C(O)C(O)CCO)C1=N/C=N\CSCc1ccc2nsc(Br)c2c1. The first kappa shape index (κ1) is 27.8. The number of aliphatic imine (C=N–C) groups is 3. The summed E-state index contributed by atoms with van der Waals surface area (Å²) >= 11 is 6.59. The van der Waals surface area contributed by atoms with Crippen LogP contribution in [0.5, 0.6) is 0 Å². The Morgan fingerprint density at radius 2 is 2.06 bits per heavy atom. The Hall–Kier alpha value is -1.41. The van der Waals surface area contributed by atoms with E-state index in [2.05, 4.69) is 47.4 Å². The molecule has 0 radical (unpaired) electrons. The van der Waals surface area contributed by atoms with Crippen molar-refractivity contribution in [3.63, 3.8) is 0 Å². The normalized spacial score (nSPS) is 19.8. The number of rotatable bonds is 10. The predicted molar refractivity (Wildman–Crippen MR) is 140 cm³/mol. The molecule has 4 unspecified atom stereocenters. The van der Waals surface area contributed by atoms with Crippen molar-refractivity contribution < 1.29 is 20.4 Å². The number of amidine groups is 1. The van der Waals surface area contributed by atoms with Gasteiger partial charge in [-0.25, -0.2) is 4.99 Å².